The van der Waals surface area contributed by atoms with Gasteiger partial charge in [-0.15, -0.1) is 0 Å². The van der Waals surface area contributed by atoms with E-state index in [4.69, 9.17) is 4.65 Å². The second kappa shape index (κ2) is 26.0. The Morgan fingerprint density at radius 2 is 0.267 bits per heavy atom. The van der Waals surface area contributed by atoms with Crippen molar-refractivity contribution in [1.82, 2.24) is 0 Å². The number of hydrogen-bond donors (Lipinski definition) is 0. The predicted molar refractivity (Wildman–Crippen MR) is 259 cm³/mol. The molecule has 0 fully saturated rings. The topological polar surface area (TPSA) is 19.9 Å². The van der Waals surface area contributed by atoms with E-state index in [1.807, 2.05) is 0 Å². The van der Waals surface area contributed by atoms with E-state index in [9.17, 15) is 0 Å². The van der Waals surface area contributed by atoms with Crippen molar-refractivity contribution in [2.24, 2.45) is 0 Å². The van der Waals surface area contributed by atoms with E-state index in [0.717, 1.165) is 0 Å². The van der Waals surface area contributed by atoms with Gasteiger partial charge in [0.1, 0.15) is 0 Å². The Hall–Kier alpha value is -5.30. The van der Waals surface area contributed by atoms with Crippen LogP contribution in [0, 0.1) is 6.65 Å². The summed E-state index contributed by atoms with van der Waals surface area (Å²) in [5, 5.41) is 12.6. The third-order valence-corrected chi connectivity index (χ3v) is 16.5. The molecule has 1 nitrogen and oxygen atoms in total. The van der Waals surface area contributed by atoms with Crippen LogP contribution in [-0.2, 0) is 25.7 Å². The number of benzene rings is 9. The van der Waals surface area contributed by atoms with Gasteiger partial charge in [0.05, 0.1) is 0 Å². The molecule has 0 atom stereocenters. The van der Waals surface area contributed by atoms with Crippen molar-refractivity contribution < 1.29 is 25.7 Å². The fourth-order valence-electron chi connectivity index (χ4n) is 6.54. The van der Waals surface area contributed by atoms with E-state index in [-0.39, 0.29) is 21.1 Å². The zero-order valence-electron chi connectivity index (χ0n) is 33.0. The molecule has 9 aromatic rings. The predicted octanol–water partition coefficient (Wildman–Crippen LogP) is 10.3. The molecular formula is C55H45OP3Pt. The van der Waals surface area contributed by atoms with Crippen molar-refractivity contribution in [3.05, 3.63) is 280 Å². The van der Waals surface area contributed by atoms with Crippen LogP contribution < -0.4 is 47.7 Å². The smallest absolute Gasteiger partial charge is 0 e. The minimum atomic E-state index is -0.446. The van der Waals surface area contributed by atoms with E-state index >= 15 is 0 Å². The summed E-state index contributed by atoms with van der Waals surface area (Å²) in [6, 6.07) is 97.0. The van der Waals surface area contributed by atoms with Crippen molar-refractivity contribution in [2.75, 3.05) is 0 Å². The van der Waals surface area contributed by atoms with Crippen LogP contribution in [-0.4, -0.2) is 0 Å². The van der Waals surface area contributed by atoms with Crippen molar-refractivity contribution in [3.8, 4) is 0 Å². The minimum absolute atomic E-state index is 0. The first kappa shape index (κ1) is 45.8. The molecule has 0 aliphatic heterocycles. The largest absolute Gasteiger partial charge is 0.0622 e. The number of hydrogen-bond acceptors (Lipinski definition) is 0. The monoisotopic (exact) mass is 1010 g/mol. The van der Waals surface area contributed by atoms with Crippen LogP contribution in [0.15, 0.2) is 273 Å². The average molecular weight is 1010 g/mol. The Labute approximate surface area is 374 Å². The summed E-state index contributed by atoms with van der Waals surface area (Å²) in [5.41, 5.74) is 0. The Bertz CT molecular complexity index is 1920. The van der Waals surface area contributed by atoms with Gasteiger partial charge in [0.15, 0.2) is 0 Å². The first-order valence-corrected chi connectivity index (χ1v) is 23.4. The van der Waals surface area contributed by atoms with Crippen LogP contribution in [0.3, 0.4) is 0 Å². The molecule has 0 N–H and O–H groups in total. The molecule has 0 aliphatic carbocycles. The summed E-state index contributed by atoms with van der Waals surface area (Å²) >= 11 is 0. The molecule has 0 aliphatic rings. The van der Waals surface area contributed by atoms with E-state index in [1.165, 1.54) is 47.7 Å². The van der Waals surface area contributed by atoms with Gasteiger partial charge < -0.3 is 0 Å². The quantitative estimate of drug-likeness (QED) is 0.0780. The van der Waals surface area contributed by atoms with Crippen LogP contribution in [0.5, 0.6) is 0 Å². The van der Waals surface area contributed by atoms with Crippen LogP contribution in [0.2, 0.25) is 0 Å². The van der Waals surface area contributed by atoms with Gasteiger partial charge in [0.25, 0.3) is 0 Å². The summed E-state index contributed by atoms with van der Waals surface area (Å²) in [4.78, 5) is 0. The van der Waals surface area contributed by atoms with Crippen molar-refractivity contribution in [1.29, 1.82) is 0 Å². The van der Waals surface area contributed by atoms with Gasteiger partial charge in [-0.05, 0) is 71.5 Å². The van der Waals surface area contributed by atoms with Gasteiger partial charge in [-0.2, -0.15) is 0 Å². The Morgan fingerprint density at radius 1 is 0.183 bits per heavy atom. The Kier molecular flexibility index (Phi) is 19.9. The molecule has 60 heavy (non-hydrogen) atoms. The van der Waals surface area contributed by atoms with Gasteiger partial charge in [-0.1, -0.05) is 273 Å². The molecule has 9 rings (SSSR count). The summed E-state index contributed by atoms with van der Waals surface area (Å²) in [7, 11) is -1.34. The third kappa shape index (κ3) is 13.4. The summed E-state index contributed by atoms with van der Waals surface area (Å²) in [6.45, 7) is 4.50. The fourth-order valence-corrected chi connectivity index (χ4v) is 13.5. The molecule has 0 spiro atoms. The van der Waals surface area contributed by atoms with Gasteiger partial charge in [0, 0.05) is 21.1 Å². The Morgan fingerprint density at radius 3 is 0.350 bits per heavy atom. The maximum atomic E-state index is 7.50. The molecule has 296 valence electrons. The zero-order chi connectivity index (χ0) is 40.7. The molecule has 0 heterocycles. The fraction of sp³-hybridized carbons (Fsp3) is 0. The second-order valence-corrected chi connectivity index (χ2v) is 19.7. The standard InChI is InChI=1S/3C18H15P.CO.Pt/c3*1-4-10-16(11-5-1)19(17-12-6-2-7-13-17)18-14-8-3-9-15-18;1-2;/h3*1-15H;;. The van der Waals surface area contributed by atoms with Crippen molar-refractivity contribution in [3.63, 3.8) is 0 Å². The van der Waals surface area contributed by atoms with Crippen LogP contribution in [0.4, 0.5) is 0 Å². The van der Waals surface area contributed by atoms with E-state index in [0.29, 0.717) is 0 Å². The molecule has 0 aromatic heterocycles. The van der Waals surface area contributed by atoms with Crippen molar-refractivity contribution in [2.45, 2.75) is 0 Å². The first-order chi connectivity index (χ1) is 29.3. The molecular weight excluding hydrogens is 965 g/mol. The maximum Gasteiger partial charge on any atom is 0 e. The van der Waals surface area contributed by atoms with Gasteiger partial charge in [0.2, 0.25) is 0 Å². The summed E-state index contributed by atoms with van der Waals surface area (Å²) < 4.78 is 7.50. The van der Waals surface area contributed by atoms with E-state index < -0.39 is 23.8 Å². The maximum absolute atomic E-state index is 7.50. The SMILES string of the molecule is [C-]#[O+].[Pt].c1ccc(P(c2ccccc2)c2ccccc2)cc1.c1ccc(P(c2ccccc2)c2ccccc2)cc1.c1ccc(P(c2ccccc2)c2ccccc2)cc1. The number of rotatable bonds is 9. The van der Waals surface area contributed by atoms with Gasteiger partial charge >= 0.3 is 11.3 Å². The van der Waals surface area contributed by atoms with Crippen molar-refractivity contribution >= 4 is 71.5 Å². The molecule has 0 bridgehead atoms. The average Bonchev–Trinajstić information content (AvgIpc) is 3.34. The molecule has 0 amide bonds. The molecule has 0 saturated carbocycles. The first-order valence-electron chi connectivity index (χ1n) is 19.4. The van der Waals surface area contributed by atoms with Crippen LogP contribution in [0.25, 0.3) is 0 Å². The third-order valence-electron chi connectivity index (χ3n) is 9.13. The normalized spacial score (nSPS) is 10.1. The van der Waals surface area contributed by atoms with Gasteiger partial charge in [-0.3, -0.25) is 0 Å². The Balaban J connectivity index is 0.000000166. The zero-order valence-corrected chi connectivity index (χ0v) is 38.0. The van der Waals surface area contributed by atoms with Crippen LogP contribution >= 0.6 is 23.8 Å². The molecule has 5 heteroatoms. The summed E-state index contributed by atoms with van der Waals surface area (Å²) in [6.07, 6.45) is 0. The molecule has 0 unspecified atom stereocenters. The van der Waals surface area contributed by atoms with E-state index in [2.05, 4.69) is 280 Å². The van der Waals surface area contributed by atoms with E-state index in [1.54, 1.807) is 0 Å². The minimum Gasteiger partial charge on any atom is -0.0622 e. The molecule has 0 radical (unpaired) electrons. The van der Waals surface area contributed by atoms with Gasteiger partial charge in [-0.25, -0.2) is 0 Å². The van der Waals surface area contributed by atoms with Crippen LogP contribution in [0.1, 0.15) is 0 Å². The molecule has 9 aromatic carbocycles. The summed E-state index contributed by atoms with van der Waals surface area (Å²) in [5.74, 6) is 0. The molecule has 0 saturated heterocycles. The second-order valence-electron chi connectivity index (χ2n) is 13.0.